The Morgan fingerprint density at radius 3 is 2.62 bits per heavy atom. The molecular formula is C25H37N5O2. The number of likely N-dealkylation sites (tertiary alicyclic amines) is 1. The molecule has 4 rings (SSSR count). The molecule has 2 amide bonds. The summed E-state index contributed by atoms with van der Waals surface area (Å²) in [6, 6.07) is 8.52. The molecule has 1 aliphatic carbocycles. The Morgan fingerprint density at radius 2 is 1.97 bits per heavy atom. The maximum absolute atomic E-state index is 13.0. The molecule has 2 fully saturated rings. The van der Waals surface area contributed by atoms with Gasteiger partial charge < -0.3 is 20.0 Å². The highest BCUT2D eigenvalue weighted by atomic mass is 16.2. The molecule has 1 N–H and O–H groups in total. The molecule has 7 heteroatoms. The molecule has 0 aromatic heterocycles. The van der Waals surface area contributed by atoms with Gasteiger partial charge in [0.05, 0.1) is 5.41 Å². The summed E-state index contributed by atoms with van der Waals surface area (Å²) in [5.74, 6) is 1.70. The van der Waals surface area contributed by atoms with Crippen LogP contribution in [0.25, 0.3) is 0 Å². The highest BCUT2D eigenvalue weighted by Crippen LogP contribution is 2.40. The van der Waals surface area contributed by atoms with Crippen molar-refractivity contribution in [3.63, 3.8) is 0 Å². The van der Waals surface area contributed by atoms with Crippen molar-refractivity contribution < 1.29 is 9.59 Å². The van der Waals surface area contributed by atoms with E-state index in [2.05, 4.69) is 39.5 Å². The van der Waals surface area contributed by atoms with Gasteiger partial charge in [-0.3, -0.25) is 14.6 Å². The van der Waals surface area contributed by atoms with Crippen LogP contribution in [0.5, 0.6) is 0 Å². The van der Waals surface area contributed by atoms with Crippen LogP contribution in [-0.2, 0) is 9.59 Å². The molecule has 7 nitrogen and oxygen atoms in total. The van der Waals surface area contributed by atoms with Crippen LogP contribution in [0.4, 0.5) is 5.69 Å². The number of nitrogens with zero attached hydrogens (tertiary/aromatic N) is 4. The Balaban J connectivity index is 1.46. The Hall–Kier alpha value is -2.57. The number of para-hydroxylation sites is 1. The predicted octanol–water partition coefficient (Wildman–Crippen LogP) is 2.83. The minimum atomic E-state index is -0.339. The minimum absolute atomic E-state index is 0.216. The molecule has 2 aliphatic heterocycles. The summed E-state index contributed by atoms with van der Waals surface area (Å²) in [6.07, 6.45) is 6.69. The number of carbonyl (C=O) groups is 2. The summed E-state index contributed by atoms with van der Waals surface area (Å²) >= 11 is 0. The Bertz CT molecular complexity index is 875. The largest absolute Gasteiger partial charge is 0.355 e. The number of aliphatic imine (C=N–C) groups is 1. The molecule has 1 aromatic rings. The zero-order valence-corrected chi connectivity index (χ0v) is 19.8. The first kappa shape index (κ1) is 22.6. The second kappa shape index (κ2) is 9.51. The van der Waals surface area contributed by atoms with Crippen molar-refractivity contribution in [3.05, 3.63) is 29.8 Å². The normalized spacial score (nSPS) is 22.4. The maximum atomic E-state index is 13.0. The van der Waals surface area contributed by atoms with E-state index in [9.17, 15) is 9.59 Å². The van der Waals surface area contributed by atoms with Gasteiger partial charge in [0.1, 0.15) is 0 Å². The number of amides is 2. The first-order valence-corrected chi connectivity index (χ1v) is 12.0. The molecule has 1 saturated carbocycles. The first-order valence-electron chi connectivity index (χ1n) is 12.0. The van der Waals surface area contributed by atoms with Crippen molar-refractivity contribution in [1.82, 2.24) is 15.1 Å². The van der Waals surface area contributed by atoms with Crippen LogP contribution in [0.1, 0.15) is 56.4 Å². The summed E-state index contributed by atoms with van der Waals surface area (Å²) in [5, 5.41) is 3.56. The molecule has 32 heavy (non-hydrogen) atoms. The zero-order valence-electron chi connectivity index (χ0n) is 19.8. The van der Waals surface area contributed by atoms with Crippen molar-refractivity contribution in [2.24, 2.45) is 10.4 Å². The summed E-state index contributed by atoms with van der Waals surface area (Å²) < 4.78 is 0. The van der Waals surface area contributed by atoms with E-state index in [4.69, 9.17) is 0 Å². The van der Waals surface area contributed by atoms with Gasteiger partial charge in [-0.1, -0.05) is 31.0 Å². The number of hydrogen-bond donors (Lipinski definition) is 1. The lowest BCUT2D eigenvalue weighted by Crippen LogP contribution is -2.50. The van der Waals surface area contributed by atoms with Crippen LogP contribution in [0, 0.1) is 5.41 Å². The minimum Gasteiger partial charge on any atom is -0.355 e. The Morgan fingerprint density at radius 1 is 1.22 bits per heavy atom. The van der Waals surface area contributed by atoms with E-state index < -0.39 is 0 Å². The smallest absolute Gasteiger partial charge is 0.230 e. The van der Waals surface area contributed by atoms with Crippen molar-refractivity contribution in [2.75, 3.05) is 52.2 Å². The van der Waals surface area contributed by atoms with E-state index >= 15 is 0 Å². The molecule has 3 aliphatic rings. The van der Waals surface area contributed by atoms with Gasteiger partial charge >= 0.3 is 0 Å². The fraction of sp³-hybridized carbons (Fsp3) is 0.640. The van der Waals surface area contributed by atoms with Crippen molar-refractivity contribution in [1.29, 1.82) is 0 Å². The Kier molecular flexibility index (Phi) is 6.72. The fourth-order valence-electron chi connectivity index (χ4n) is 5.73. The van der Waals surface area contributed by atoms with Gasteiger partial charge in [-0.2, -0.15) is 0 Å². The third kappa shape index (κ3) is 4.34. The van der Waals surface area contributed by atoms with E-state index in [1.54, 1.807) is 4.90 Å². The van der Waals surface area contributed by atoms with E-state index in [1.807, 2.05) is 26.0 Å². The van der Waals surface area contributed by atoms with Gasteiger partial charge in [-0.15, -0.1) is 0 Å². The molecule has 0 spiro atoms. The highest BCUT2D eigenvalue weighted by molar-refractivity contribution is 5.98. The van der Waals surface area contributed by atoms with Crippen LogP contribution in [0.15, 0.2) is 29.3 Å². The molecule has 1 saturated heterocycles. The highest BCUT2D eigenvalue weighted by Gasteiger charge is 2.42. The molecule has 0 radical (unpaired) electrons. The SMILES string of the molecule is CN=C(NCC1(C(=O)N(C)C)CCCC1)N1CC(CCN2CCCC2=O)c2ccccc21. The van der Waals surface area contributed by atoms with E-state index in [1.165, 1.54) is 11.3 Å². The number of anilines is 1. The molecule has 1 atom stereocenters. The standard InChI is InChI=1S/C25H37N5O2/c1-26-24(27-18-25(13-6-7-14-25)23(32)28(2)3)30-17-19(20-9-4-5-10-21(20)30)12-16-29-15-8-11-22(29)31/h4-5,9-10,19H,6-8,11-18H2,1-3H3,(H,26,27). The van der Waals surface area contributed by atoms with Crippen LogP contribution in [0.2, 0.25) is 0 Å². The number of guanidine groups is 1. The summed E-state index contributed by atoms with van der Waals surface area (Å²) in [6.45, 7) is 3.16. The average Bonchev–Trinajstić information content (AvgIpc) is 3.52. The zero-order chi connectivity index (χ0) is 22.7. The average molecular weight is 440 g/mol. The lowest BCUT2D eigenvalue weighted by atomic mass is 9.84. The Labute approximate surface area is 191 Å². The lowest BCUT2D eigenvalue weighted by Gasteiger charge is -2.33. The predicted molar refractivity (Wildman–Crippen MR) is 128 cm³/mol. The van der Waals surface area contributed by atoms with Crippen molar-refractivity contribution in [2.45, 2.75) is 50.9 Å². The lowest BCUT2D eigenvalue weighted by molar-refractivity contribution is -0.138. The molecule has 1 unspecified atom stereocenters. The van der Waals surface area contributed by atoms with Gasteiger partial charge in [-0.25, -0.2) is 0 Å². The summed E-state index contributed by atoms with van der Waals surface area (Å²) in [4.78, 5) is 35.6. The molecule has 0 bridgehead atoms. The number of hydrogen-bond acceptors (Lipinski definition) is 3. The number of benzene rings is 1. The summed E-state index contributed by atoms with van der Waals surface area (Å²) in [5.41, 5.74) is 2.16. The van der Waals surface area contributed by atoms with Crippen LogP contribution < -0.4 is 10.2 Å². The third-order valence-corrected chi connectivity index (χ3v) is 7.46. The summed E-state index contributed by atoms with van der Waals surface area (Å²) in [7, 11) is 5.52. The molecule has 2 heterocycles. The molecular weight excluding hydrogens is 402 g/mol. The van der Waals surface area contributed by atoms with Gasteiger partial charge in [0, 0.05) is 65.3 Å². The fourth-order valence-corrected chi connectivity index (χ4v) is 5.73. The molecule has 174 valence electrons. The van der Waals surface area contributed by atoms with Crippen LogP contribution >= 0.6 is 0 Å². The van der Waals surface area contributed by atoms with Crippen molar-refractivity contribution >= 4 is 23.5 Å². The number of rotatable bonds is 6. The monoisotopic (exact) mass is 439 g/mol. The van der Waals surface area contributed by atoms with E-state index in [0.29, 0.717) is 18.9 Å². The van der Waals surface area contributed by atoms with Crippen LogP contribution in [0.3, 0.4) is 0 Å². The van der Waals surface area contributed by atoms with Gasteiger partial charge in [0.2, 0.25) is 11.8 Å². The van der Waals surface area contributed by atoms with E-state index in [-0.39, 0.29) is 17.2 Å². The maximum Gasteiger partial charge on any atom is 0.230 e. The topological polar surface area (TPSA) is 68.2 Å². The van der Waals surface area contributed by atoms with Gasteiger partial charge in [-0.05, 0) is 37.3 Å². The second-order valence-electron chi connectivity index (χ2n) is 9.73. The van der Waals surface area contributed by atoms with Gasteiger partial charge in [0.25, 0.3) is 0 Å². The van der Waals surface area contributed by atoms with Gasteiger partial charge in [0.15, 0.2) is 5.96 Å². The number of nitrogens with one attached hydrogen (secondary N) is 1. The second-order valence-corrected chi connectivity index (χ2v) is 9.73. The number of fused-ring (bicyclic) bond motifs is 1. The first-order chi connectivity index (χ1) is 15.4. The third-order valence-electron chi connectivity index (χ3n) is 7.46. The van der Waals surface area contributed by atoms with Crippen molar-refractivity contribution in [3.8, 4) is 0 Å². The quantitative estimate of drug-likeness (QED) is 0.547. The number of carbonyl (C=O) groups excluding carboxylic acids is 2. The molecule has 1 aromatic carbocycles. The van der Waals surface area contributed by atoms with Crippen LogP contribution in [-0.4, -0.2) is 74.9 Å². The van der Waals surface area contributed by atoms with E-state index in [0.717, 1.165) is 64.1 Å².